The minimum absolute atomic E-state index is 0.107. The summed E-state index contributed by atoms with van der Waals surface area (Å²) in [4.78, 5) is 45.3. The van der Waals surface area contributed by atoms with Crippen LogP contribution < -0.4 is 0 Å². The van der Waals surface area contributed by atoms with Gasteiger partial charge in [-0.2, -0.15) is 0 Å². The smallest absolute Gasteiger partial charge is 0.311 e. The third kappa shape index (κ3) is 3.47. The third-order valence-corrected chi connectivity index (χ3v) is 10.2. The van der Waals surface area contributed by atoms with Crippen LogP contribution in [0.1, 0.15) is 20.8 Å². The number of carbonyl (C=O) groups is 3. The Morgan fingerprint density at radius 3 is 2.68 bits per heavy atom. The molecule has 200 valence electrons. The second-order valence-electron chi connectivity index (χ2n) is 11.0. The summed E-state index contributed by atoms with van der Waals surface area (Å²) in [6.45, 7) is 6.13. The number of para-hydroxylation sites is 1. The molecular weight excluding hydrogens is 506 g/mol. The first-order valence-corrected chi connectivity index (χ1v) is 13.8. The quantitative estimate of drug-likeness (QED) is 0.452. The van der Waals surface area contributed by atoms with Crippen LogP contribution in [0.5, 0.6) is 0 Å². The molecule has 11 heteroatoms. The van der Waals surface area contributed by atoms with Gasteiger partial charge in [0, 0.05) is 11.3 Å². The van der Waals surface area contributed by atoms with Gasteiger partial charge in [0.15, 0.2) is 0 Å². The lowest BCUT2D eigenvalue weighted by Gasteiger charge is -2.40. The van der Waals surface area contributed by atoms with E-state index in [0.717, 1.165) is 11.0 Å². The highest BCUT2D eigenvalue weighted by Crippen LogP contribution is 2.65. The minimum Gasteiger partial charge on any atom is -0.461 e. The van der Waals surface area contributed by atoms with E-state index in [1.165, 1.54) is 11.8 Å². The number of ether oxygens (including phenoxy) is 1. The molecular formula is C27H31N5O5S. The van der Waals surface area contributed by atoms with Crippen LogP contribution in [-0.4, -0.2) is 89.0 Å². The van der Waals surface area contributed by atoms with Crippen molar-refractivity contribution in [3.63, 3.8) is 0 Å². The molecule has 2 amide bonds. The Labute approximate surface area is 224 Å². The minimum atomic E-state index is -0.990. The van der Waals surface area contributed by atoms with E-state index >= 15 is 0 Å². The summed E-state index contributed by atoms with van der Waals surface area (Å²) >= 11 is 1.49. The predicted octanol–water partition coefficient (Wildman–Crippen LogP) is 1.60. The lowest BCUT2D eigenvalue weighted by molar-refractivity contribution is -0.153. The van der Waals surface area contributed by atoms with Crippen LogP contribution in [0, 0.1) is 17.8 Å². The number of carbonyl (C=O) groups excluding carboxylic acids is 3. The number of hydrogen-bond donors (Lipinski definition) is 1. The number of nitrogens with zero attached hydrogens (tertiary/aromatic N) is 5. The molecule has 2 fully saturated rings. The van der Waals surface area contributed by atoms with Gasteiger partial charge in [0.2, 0.25) is 11.8 Å². The zero-order valence-corrected chi connectivity index (χ0v) is 22.4. The number of fused-ring (bicyclic) bond motifs is 3. The normalized spacial score (nSPS) is 33.3. The van der Waals surface area contributed by atoms with Crippen LogP contribution in [-0.2, 0) is 25.8 Å². The second-order valence-corrected chi connectivity index (χ2v) is 12.7. The molecule has 1 aromatic carbocycles. The lowest BCUT2D eigenvalue weighted by Crippen LogP contribution is -2.58. The first-order chi connectivity index (χ1) is 18.2. The number of cyclic esters (lactones) is 1. The molecule has 0 radical (unpaired) electrons. The van der Waals surface area contributed by atoms with Crippen molar-refractivity contribution in [2.75, 3.05) is 19.8 Å². The van der Waals surface area contributed by atoms with Gasteiger partial charge in [-0.15, -0.1) is 16.9 Å². The van der Waals surface area contributed by atoms with E-state index in [4.69, 9.17) is 4.74 Å². The molecule has 1 N–H and O–H groups in total. The highest BCUT2D eigenvalue weighted by atomic mass is 32.2. The van der Waals surface area contributed by atoms with E-state index in [1.807, 2.05) is 69.3 Å². The Morgan fingerprint density at radius 1 is 1.13 bits per heavy atom. The topological polar surface area (TPSA) is 118 Å². The number of esters is 1. The molecule has 10 nitrogen and oxygen atoms in total. The standard InChI is InChI=1S/C27H31N5O5S/c1-16(2)19(14-33)32-22-24(35)30(15-31-18-9-5-4-8-17(18)28-29-31)12-6-11-27(22)20(23(32)34)21-25(36)37-13-7-10-26(21,3)38-27/h4-11,16,19-22,33H,12-15H2,1-3H3/t19-,20-,21-,22?,26+,27-/m0/s1. The van der Waals surface area contributed by atoms with Crippen LogP contribution in [0.3, 0.4) is 0 Å². The van der Waals surface area contributed by atoms with Crippen molar-refractivity contribution in [2.45, 2.75) is 49.0 Å². The number of aliphatic hydroxyl groups excluding tert-OH is 1. The van der Waals surface area contributed by atoms with Crippen molar-refractivity contribution >= 4 is 40.6 Å². The second kappa shape index (κ2) is 8.94. The van der Waals surface area contributed by atoms with Gasteiger partial charge in [0.05, 0.1) is 34.7 Å². The summed E-state index contributed by atoms with van der Waals surface area (Å²) in [7, 11) is 0. The summed E-state index contributed by atoms with van der Waals surface area (Å²) in [6.07, 6.45) is 7.64. The summed E-state index contributed by atoms with van der Waals surface area (Å²) in [5, 5.41) is 18.9. The number of aliphatic hydroxyl groups is 1. The number of likely N-dealkylation sites (tertiary alicyclic amines) is 1. The van der Waals surface area contributed by atoms with Crippen molar-refractivity contribution in [2.24, 2.45) is 17.8 Å². The maximum absolute atomic E-state index is 14.5. The highest BCUT2D eigenvalue weighted by molar-refractivity contribution is 8.02. The van der Waals surface area contributed by atoms with E-state index in [1.54, 1.807) is 14.5 Å². The molecule has 0 bridgehead atoms. The van der Waals surface area contributed by atoms with Crippen LogP contribution in [0.2, 0.25) is 0 Å². The summed E-state index contributed by atoms with van der Waals surface area (Å²) in [5.74, 6) is -2.61. The van der Waals surface area contributed by atoms with Crippen LogP contribution in [0.4, 0.5) is 0 Å². The van der Waals surface area contributed by atoms with Crippen molar-refractivity contribution in [3.8, 4) is 0 Å². The first-order valence-electron chi connectivity index (χ1n) is 12.9. The number of benzene rings is 1. The number of rotatable bonds is 5. The molecule has 6 atom stereocenters. The molecule has 38 heavy (non-hydrogen) atoms. The molecule has 0 saturated carbocycles. The van der Waals surface area contributed by atoms with Crippen LogP contribution in [0.15, 0.2) is 48.6 Å². The van der Waals surface area contributed by atoms with Crippen molar-refractivity contribution in [3.05, 3.63) is 48.6 Å². The van der Waals surface area contributed by atoms with Gasteiger partial charge in [-0.1, -0.05) is 49.4 Å². The summed E-state index contributed by atoms with van der Waals surface area (Å²) in [5.41, 5.74) is 1.53. The Hall–Kier alpha value is -3.18. The van der Waals surface area contributed by atoms with E-state index in [2.05, 4.69) is 10.3 Å². The molecule has 1 unspecified atom stereocenters. The zero-order valence-electron chi connectivity index (χ0n) is 21.6. The maximum atomic E-state index is 14.5. The Balaban J connectivity index is 1.46. The van der Waals surface area contributed by atoms with Gasteiger partial charge >= 0.3 is 5.97 Å². The van der Waals surface area contributed by atoms with Crippen LogP contribution in [0.25, 0.3) is 11.0 Å². The molecule has 0 aliphatic carbocycles. The van der Waals surface area contributed by atoms with E-state index in [-0.39, 0.29) is 37.6 Å². The zero-order chi connectivity index (χ0) is 26.8. The summed E-state index contributed by atoms with van der Waals surface area (Å²) < 4.78 is 5.45. The SMILES string of the molecule is CC(C)[C@H](CO)N1C(=O)[C@@H]2[C@H]3C(=O)OCC=C[C@@]3(C)S[C@@]23C=CCN(Cn2nnc4ccccc42)C(=O)C13. The first kappa shape index (κ1) is 25.1. The Kier molecular flexibility index (Phi) is 5.91. The molecule has 4 aliphatic heterocycles. The van der Waals surface area contributed by atoms with Gasteiger partial charge in [-0.05, 0) is 31.1 Å². The Bertz CT molecular complexity index is 1370. The number of thioether (sulfide) groups is 1. The molecule has 2 aromatic rings. The molecule has 2 saturated heterocycles. The monoisotopic (exact) mass is 537 g/mol. The fourth-order valence-electron chi connectivity index (χ4n) is 6.63. The summed E-state index contributed by atoms with van der Waals surface area (Å²) in [6, 6.07) is 6.06. The van der Waals surface area contributed by atoms with Crippen LogP contribution >= 0.6 is 11.8 Å². The lowest BCUT2D eigenvalue weighted by atomic mass is 9.75. The van der Waals surface area contributed by atoms with E-state index in [0.29, 0.717) is 6.54 Å². The van der Waals surface area contributed by atoms with Crippen molar-refractivity contribution < 1.29 is 24.2 Å². The molecule has 6 rings (SSSR count). The van der Waals surface area contributed by atoms with Gasteiger partial charge in [0.1, 0.15) is 24.8 Å². The predicted molar refractivity (Wildman–Crippen MR) is 141 cm³/mol. The van der Waals surface area contributed by atoms with E-state index < -0.39 is 39.4 Å². The van der Waals surface area contributed by atoms with Gasteiger partial charge in [-0.3, -0.25) is 14.4 Å². The largest absolute Gasteiger partial charge is 0.461 e. The van der Waals surface area contributed by atoms with E-state index in [9.17, 15) is 19.5 Å². The Morgan fingerprint density at radius 2 is 1.92 bits per heavy atom. The average Bonchev–Trinajstić information content (AvgIpc) is 3.40. The number of hydrogen-bond acceptors (Lipinski definition) is 8. The molecule has 1 aromatic heterocycles. The van der Waals surface area contributed by atoms with Crippen molar-refractivity contribution in [1.29, 1.82) is 0 Å². The fourth-order valence-corrected chi connectivity index (χ4v) is 8.77. The number of aromatic nitrogens is 3. The van der Waals surface area contributed by atoms with Gasteiger partial charge in [0.25, 0.3) is 0 Å². The molecule has 4 aliphatic rings. The third-order valence-electron chi connectivity index (χ3n) is 8.37. The fraction of sp³-hybridized carbons (Fsp3) is 0.519. The molecule has 1 spiro atoms. The maximum Gasteiger partial charge on any atom is 0.311 e. The van der Waals surface area contributed by atoms with Crippen molar-refractivity contribution in [1.82, 2.24) is 24.8 Å². The van der Waals surface area contributed by atoms with Gasteiger partial charge < -0.3 is 19.6 Å². The average molecular weight is 538 g/mol. The number of amides is 2. The van der Waals surface area contributed by atoms with Gasteiger partial charge in [-0.25, -0.2) is 4.68 Å². The molecule has 5 heterocycles. The highest BCUT2D eigenvalue weighted by Gasteiger charge is 2.74.